The van der Waals surface area contributed by atoms with E-state index in [1.54, 1.807) is 13.8 Å². The average Bonchev–Trinajstić information content (AvgIpc) is 3.13. The van der Waals surface area contributed by atoms with Crippen LogP contribution in [0.5, 0.6) is 0 Å². The molecule has 0 aromatic carbocycles. The first-order valence-corrected chi connectivity index (χ1v) is 7.68. The molecular formula is C12H14ClN3O2S. The van der Waals surface area contributed by atoms with Crippen molar-refractivity contribution in [3.63, 3.8) is 0 Å². The van der Waals surface area contributed by atoms with Crippen LogP contribution in [0.1, 0.15) is 26.7 Å². The lowest BCUT2D eigenvalue weighted by Crippen LogP contribution is -2.48. The van der Waals surface area contributed by atoms with Crippen LogP contribution in [0.15, 0.2) is 23.2 Å². The first kappa shape index (κ1) is 14.3. The van der Waals surface area contributed by atoms with Crippen molar-refractivity contribution in [3.05, 3.63) is 23.5 Å². The van der Waals surface area contributed by atoms with Gasteiger partial charge in [0.25, 0.3) is 0 Å². The van der Waals surface area contributed by atoms with E-state index in [0.717, 1.165) is 12.8 Å². The number of sulfonamides is 1. The number of rotatable bonds is 4. The van der Waals surface area contributed by atoms with Gasteiger partial charge in [0.05, 0.1) is 6.07 Å². The Hall–Kier alpha value is -1.16. The van der Waals surface area contributed by atoms with Crippen molar-refractivity contribution in [1.82, 2.24) is 9.29 Å². The van der Waals surface area contributed by atoms with Crippen LogP contribution in [-0.4, -0.2) is 29.3 Å². The number of hydrogen-bond donors (Lipinski definition) is 0. The summed E-state index contributed by atoms with van der Waals surface area (Å²) >= 11 is 5.66. The van der Waals surface area contributed by atoms with Gasteiger partial charge in [-0.15, -0.1) is 0 Å². The van der Waals surface area contributed by atoms with Crippen molar-refractivity contribution in [2.75, 3.05) is 0 Å². The van der Waals surface area contributed by atoms with Gasteiger partial charge in [0.2, 0.25) is 10.0 Å². The van der Waals surface area contributed by atoms with E-state index in [2.05, 4.69) is 11.1 Å². The lowest BCUT2D eigenvalue weighted by Gasteiger charge is -2.31. The minimum atomic E-state index is -3.73. The highest BCUT2D eigenvalue weighted by Crippen LogP contribution is 2.37. The van der Waals surface area contributed by atoms with E-state index in [9.17, 15) is 13.7 Å². The van der Waals surface area contributed by atoms with Crippen LogP contribution in [0.4, 0.5) is 0 Å². The monoisotopic (exact) mass is 299 g/mol. The molecule has 1 saturated carbocycles. The topological polar surface area (TPSA) is 74.1 Å². The van der Waals surface area contributed by atoms with Gasteiger partial charge in [0.1, 0.15) is 15.6 Å². The molecule has 1 aromatic heterocycles. The van der Waals surface area contributed by atoms with Crippen molar-refractivity contribution in [1.29, 1.82) is 5.26 Å². The summed E-state index contributed by atoms with van der Waals surface area (Å²) in [4.78, 5) is 3.85. The number of nitrogens with zero attached hydrogens (tertiary/aromatic N) is 3. The summed E-state index contributed by atoms with van der Waals surface area (Å²) in [6, 6.07) is 4.79. The number of nitriles is 1. The molecule has 1 aliphatic carbocycles. The summed E-state index contributed by atoms with van der Waals surface area (Å²) in [5, 5.41) is 9.44. The number of aromatic nitrogens is 1. The second-order valence-electron chi connectivity index (χ2n) is 5.02. The maximum Gasteiger partial charge on any atom is 0.246 e. The Labute approximate surface area is 117 Å². The van der Waals surface area contributed by atoms with Gasteiger partial charge < -0.3 is 0 Å². The third kappa shape index (κ3) is 2.73. The van der Waals surface area contributed by atoms with Gasteiger partial charge in [0, 0.05) is 12.2 Å². The molecule has 1 aliphatic rings. The Balaban J connectivity index is 2.47. The third-order valence-corrected chi connectivity index (χ3v) is 5.29. The molecule has 5 nitrogen and oxygen atoms in total. The van der Waals surface area contributed by atoms with Crippen LogP contribution in [0, 0.1) is 11.3 Å². The van der Waals surface area contributed by atoms with Gasteiger partial charge in [-0.2, -0.15) is 9.57 Å². The van der Waals surface area contributed by atoms with Crippen LogP contribution < -0.4 is 0 Å². The van der Waals surface area contributed by atoms with E-state index < -0.39 is 15.6 Å². The highest BCUT2D eigenvalue weighted by Gasteiger charge is 2.47. The van der Waals surface area contributed by atoms with E-state index >= 15 is 0 Å². The molecule has 0 amide bonds. The van der Waals surface area contributed by atoms with E-state index in [1.807, 2.05) is 0 Å². The lowest BCUT2D eigenvalue weighted by molar-refractivity contribution is 0.280. The van der Waals surface area contributed by atoms with Crippen molar-refractivity contribution in [3.8, 4) is 6.07 Å². The summed E-state index contributed by atoms with van der Waals surface area (Å²) in [5.74, 6) is 0. The van der Waals surface area contributed by atoms with Gasteiger partial charge >= 0.3 is 0 Å². The molecule has 0 spiro atoms. The summed E-state index contributed by atoms with van der Waals surface area (Å²) in [6.07, 6.45) is 2.79. The maximum atomic E-state index is 12.6. The average molecular weight is 300 g/mol. The Kier molecular flexibility index (Phi) is 3.56. The number of pyridine rings is 1. The van der Waals surface area contributed by atoms with Crippen LogP contribution in [0.2, 0.25) is 5.15 Å². The van der Waals surface area contributed by atoms with Crippen molar-refractivity contribution in [2.45, 2.75) is 43.2 Å². The van der Waals surface area contributed by atoms with Gasteiger partial charge in [-0.3, -0.25) is 0 Å². The second kappa shape index (κ2) is 4.75. The molecular weight excluding hydrogens is 286 g/mol. The predicted molar refractivity (Wildman–Crippen MR) is 71.0 cm³/mol. The SMILES string of the molecule is CC(C)(C#N)N(C1CC1)S(=O)(=O)c1ccc(Cl)nc1. The molecule has 19 heavy (non-hydrogen) atoms. The molecule has 1 heterocycles. The standard InChI is InChI=1S/C12H14ClN3O2S/c1-12(2,8-14)16(9-3-4-9)19(17,18)10-5-6-11(13)15-7-10/h5-7,9H,3-4H2,1-2H3. The Bertz CT molecular complexity index is 615. The molecule has 0 saturated heterocycles. The van der Waals surface area contributed by atoms with Crippen molar-refractivity contribution in [2.24, 2.45) is 0 Å². The van der Waals surface area contributed by atoms with Crippen LogP contribution in [0.25, 0.3) is 0 Å². The molecule has 0 bridgehead atoms. The molecule has 7 heteroatoms. The Morgan fingerprint density at radius 2 is 2.11 bits per heavy atom. The zero-order chi connectivity index (χ0) is 14.3. The first-order valence-electron chi connectivity index (χ1n) is 5.86. The van der Waals surface area contributed by atoms with E-state index in [0.29, 0.717) is 0 Å². The third-order valence-electron chi connectivity index (χ3n) is 2.96. The predicted octanol–water partition coefficient (Wildman–Crippen LogP) is 2.19. The smallest absolute Gasteiger partial charge is 0.243 e. The molecule has 1 aromatic rings. The maximum absolute atomic E-state index is 12.6. The van der Waals surface area contributed by atoms with Crippen LogP contribution in [0.3, 0.4) is 0 Å². The molecule has 0 unspecified atom stereocenters. The van der Waals surface area contributed by atoms with E-state index in [4.69, 9.17) is 11.6 Å². The van der Waals surface area contributed by atoms with Gasteiger partial charge in [0.15, 0.2) is 0 Å². The number of halogens is 1. The minimum Gasteiger partial charge on any atom is -0.243 e. The highest BCUT2D eigenvalue weighted by atomic mass is 35.5. The van der Waals surface area contributed by atoms with Crippen LogP contribution in [-0.2, 0) is 10.0 Å². The largest absolute Gasteiger partial charge is 0.246 e. The quantitative estimate of drug-likeness (QED) is 0.799. The highest BCUT2D eigenvalue weighted by molar-refractivity contribution is 7.89. The fraction of sp³-hybridized carbons (Fsp3) is 0.500. The fourth-order valence-electron chi connectivity index (χ4n) is 1.94. The van der Waals surface area contributed by atoms with Gasteiger partial charge in [-0.25, -0.2) is 13.4 Å². The first-order chi connectivity index (χ1) is 8.79. The Morgan fingerprint density at radius 1 is 1.47 bits per heavy atom. The summed E-state index contributed by atoms with van der Waals surface area (Å²) in [7, 11) is -3.73. The molecule has 102 valence electrons. The van der Waals surface area contributed by atoms with Gasteiger partial charge in [-0.05, 0) is 38.8 Å². The zero-order valence-corrected chi connectivity index (χ0v) is 12.2. The molecule has 2 rings (SSSR count). The summed E-state index contributed by atoms with van der Waals surface area (Å²) in [6.45, 7) is 3.21. The summed E-state index contributed by atoms with van der Waals surface area (Å²) < 4.78 is 26.5. The summed E-state index contributed by atoms with van der Waals surface area (Å²) in [5.41, 5.74) is -1.08. The number of hydrogen-bond acceptors (Lipinski definition) is 4. The second-order valence-corrected chi connectivity index (χ2v) is 7.22. The lowest BCUT2D eigenvalue weighted by atomic mass is 10.1. The molecule has 1 fully saturated rings. The molecule has 0 atom stereocenters. The van der Waals surface area contributed by atoms with Crippen molar-refractivity contribution >= 4 is 21.6 Å². The van der Waals surface area contributed by atoms with E-state index in [1.165, 1.54) is 22.6 Å². The van der Waals surface area contributed by atoms with Gasteiger partial charge in [-0.1, -0.05) is 11.6 Å². The molecule has 0 N–H and O–H groups in total. The fourth-order valence-corrected chi connectivity index (χ4v) is 3.95. The zero-order valence-electron chi connectivity index (χ0n) is 10.7. The van der Waals surface area contributed by atoms with Crippen LogP contribution >= 0.6 is 11.6 Å². The Morgan fingerprint density at radius 3 is 2.53 bits per heavy atom. The molecule has 0 radical (unpaired) electrons. The van der Waals surface area contributed by atoms with Crippen molar-refractivity contribution < 1.29 is 8.42 Å². The van der Waals surface area contributed by atoms with E-state index in [-0.39, 0.29) is 16.1 Å². The normalized spacial score (nSPS) is 16.4. The minimum absolute atomic E-state index is 0.0622. The molecule has 0 aliphatic heterocycles.